The van der Waals surface area contributed by atoms with Gasteiger partial charge in [0.1, 0.15) is 0 Å². The van der Waals surface area contributed by atoms with E-state index >= 15 is 0 Å². The SMILES string of the molecule is CCn1cc(Oc2cc(CNC)cc(C(C)(C)C)n2)cn1. The van der Waals surface area contributed by atoms with Crippen LogP contribution >= 0.6 is 0 Å². The highest BCUT2D eigenvalue weighted by Crippen LogP contribution is 2.26. The highest BCUT2D eigenvalue weighted by Gasteiger charge is 2.18. The summed E-state index contributed by atoms with van der Waals surface area (Å²) in [6, 6.07) is 4.09. The Hall–Kier alpha value is -1.88. The average Bonchev–Trinajstić information content (AvgIpc) is 2.85. The van der Waals surface area contributed by atoms with Gasteiger partial charge in [-0.2, -0.15) is 5.10 Å². The van der Waals surface area contributed by atoms with Crippen LogP contribution < -0.4 is 10.1 Å². The van der Waals surface area contributed by atoms with E-state index in [2.05, 4.69) is 42.2 Å². The number of ether oxygens (including phenoxy) is 1. The first-order chi connectivity index (χ1) is 9.92. The van der Waals surface area contributed by atoms with E-state index in [1.807, 2.05) is 30.9 Å². The molecular weight excluding hydrogens is 264 g/mol. The predicted octanol–water partition coefficient (Wildman–Crippen LogP) is 3.11. The molecule has 0 amide bonds. The number of nitrogens with zero attached hydrogens (tertiary/aromatic N) is 3. The van der Waals surface area contributed by atoms with Crippen LogP contribution in [0.3, 0.4) is 0 Å². The van der Waals surface area contributed by atoms with E-state index in [0.717, 1.165) is 24.3 Å². The van der Waals surface area contributed by atoms with Crippen LogP contribution in [0.4, 0.5) is 0 Å². The minimum Gasteiger partial charge on any atom is -0.436 e. The minimum atomic E-state index is -0.0184. The van der Waals surface area contributed by atoms with E-state index in [-0.39, 0.29) is 5.41 Å². The van der Waals surface area contributed by atoms with E-state index in [9.17, 15) is 0 Å². The average molecular weight is 288 g/mol. The molecule has 2 heterocycles. The first-order valence-electron chi connectivity index (χ1n) is 7.28. The fourth-order valence-electron chi connectivity index (χ4n) is 1.99. The number of nitrogens with one attached hydrogen (secondary N) is 1. The summed E-state index contributed by atoms with van der Waals surface area (Å²) < 4.78 is 7.69. The third-order valence-corrected chi connectivity index (χ3v) is 3.17. The quantitative estimate of drug-likeness (QED) is 0.918. The maximum atomic E-state index is 5.86. The zero-order chi connectivity index (χ0) is 15.5. The molecule has 0 aliphatic rings. The lowest BCUT2D eigenvalue weighted by Crippen LogP contribution is -2.15. The van der Waals surface area contributed by atoms with Crippen LogP contribution in [0, 0.1) is 0 Å². The van der Waals surface area contributed by atoms with Crippen molar-refractivity contribution in [2.75, 3.05) is 7.05 Å². The van der Waals surface area contributed by atoms with Crippen LogP contribution in [0.2, 0.25) is 0 Å². The summed E-state index contributed by atoms with van der Waals surface area (Å²) in [5, 5.41) is 7.38. The fraction of sp³-hybridized carbons (Fsp3) is 0.500. The standard InChI is InChI=1S/C16H24N4O/c1-6-20-11-13(10-18-20)21-15-8-12(9-17-5)7-14(19-15)16(2,3)4/h7-8,10-11,17H,6,9H2,1-5H3. The summed E-state index contributed by atoms with van der Waals surface area (Å²) in [5.74, 6) is 1.33. The van der Waals surface area contributed by atoms with Crippen LogP contribution in [-0.4, -0.2) is 21.8 Å². The third-order valence-electron chi connectivity index (χ3n) is 3.17. The topological polar surface area (TPSA) is 52.0 Å². The molecular formula is C16H24N4O. The molecule has 2 aromatic heterocycles. The normalized spacial score (nSPS) is 11.7. The predicted molar refractivity (Wildman–Crippen MR) is 83.7 cm³/mol. The van der Waals surface area contributed by atoms with Crippen molar-refractivity contribution in [1.29, 1.82) is 0 Å². The van der Waals surface area contributed by atoms with Gasteiger partial charge in [-0.05, 0) is 25.6 Å². The van der Waals surface area contributed by atoms with Crippen molar-refractivity contribution in [2.45, 2.75) is 46.2 Å². The van der Waals surface area contributed by atoms with Crippen molar-refractivity contribution in [3.05, 3.63) is 35.8 Å². The lowest BCUT2D eigenvalue weighted by atomic mass is 9.91. The van der Waals surface area contributed by atoms with Gasteiger partial charge in [0.25, 0.3) is 0 Å². The molecule has 5 heteroatoms. The number of hydrogen-bond acceptors (Lipinski definition) is 4. The van der Waals surface area contributed by atoms with Gasteiger partial charge in [0.05, 0.1) is 18.1 Å². The molecule has 5 nitrogen and oxygen atoms in total. The lowest BCUT2D eigenvalue weighted by molar-refractivity contribution is 0.449. The maximum absolute atomic E-state index is 5.86. The molecule has 0 bridgehead atoms. The number of aromatic nitrogens is 3. The van der Waals surface area contributed by atoms with Crippen LogP contribution in [0.5, 0.6) is 11.6 Å². The second kappa shape index (κ2) is 6.26. The summed E-state index contributed by atoms with van der Waals surface area (Å²) in [4.78, 5) is 4.63. The summed E-state index contributed by atoms with van der Waals surface area (Å²) >= 11 is 0. The zero-order valence-electron chi connectivity index (χ0n) is 13.5. The molecule has 0 spiro atoms. The monoisotopic (exact) mass is 288 g/mol. The van der Waals surface area contributed by atoms with E-state index in [4.69, 9.17) is 4.74 Å². The van der Waals surface area contributed by atoms with Crippen molar-refractivity contribution in [2.24, 2.45) is 0 Å². The summed E-state index contributed by atoms with van der Waals surface area (Å²) in [7, 11) is 1.93. The van der Waals surface area contributed by atoms with Gasteiger partial charge in [-0.1, -0.05) is 20.8 Å². The van der Waals surface area contributed by atoms with Crippen LogP contribution in [-0.2, 0) is 18.5 Å². The molecule has 0 atom stereocenters. The summed E-state index contributed by atoms with van der Waals surface area (Å²) in [5.41, 5.74) is 2.17. The zero-order valence-corrected chi connectivity index (χ0v) is 13.5. The summed E-state index contributed by atoms with van der Waals surface area (Å²) in [6.45, 7) is 10.1. The van der Waals surface area contributed by atoms with Crippen LogP contribution in [0.25, 0.3) is 0 Å². The van der Waals surface area contributed by atoms with Crippen molar-refractivity contribution in [1.82, 2.24) is 20.1 Å². The molecule has 21 heavy (non-hydrogen) atoms. The first kappa shape index (κ1) is 15.5. The second-order valence-corrected chi connectivity index (χ2v) is 6.11. The highest BCUT2D eigenvalue weighted by molar-refractivity contribution is 5.31. The fourth-order valence-corrected chi connectivity index (χ4v) is 1.99. The molecule has 0 fully saturated rings. The lowest BCUT2D eigenvalue weighted by Gasteiger charge is -2.19. The molecule has 0 aliphatic heterocycles. The van der Waals surface area contributed by atoms with Gasteiger partial charge in [0.2, 0.25) is 5.88 Å². The van der Waals surface area contributed by atoms with E-state index in [0.29, 0.717) is 11.6 Å². The van der Waals surface area contributed by atoms with Crippen molar-refractivity contribution in [3.8, 4) is 11.6 Å². The Morgan fingerprint density at radius 3 is 2.62 bits per heavy atom. The van der Waals surface area contributed by atoms with Gasteiger partial charge in [-0.25, -0.2) is 4.98 Å². The van der Waals surface area contributed by atoms with Crippen molar-refractivity contribution in [3.63, 3.8) is 0 Å². The minimum absolute atomic E-state index is 0.0184. The number of aryl methyl sites for hydroxylation is 1. The molecule has 0 saturated carbocycles. The van der Waals surface area contributed by atoms with Crippen LogP contribution in [0.1, 0.15) is 39.0 Å². The van der Waals surface area contributed by atoms with E-state index in [1.54, 1.807) is 6.20 Å². The van der Waals surface area contributed by atoms with Crippen LogP contribution in [0.15, 0.2) is 24.5 Å². The number of rotatable bonds is 5. The molecule has 0 saturated heterocycles. The Kier molecular flexibility index (Phi) is 4.63. The van der Waals surface area contributed by atoms with Crippen molar-refractivity contribution < 1.29 is 4.74 Å². The van der Waals surface area contributed by atoms with Gasteiger partial charge in [-0.15, -0.1) is 0 Å². The Balaban J connectivity index is 2.30. The molecule has 0 unspecified atom stereocenters. The molecule has 0 radical (unpaired) electrons. The largest absolute Gasteiger partial charge is 0.436 e. The van der Waals surface area contributed by atoms with E-state index in [1.165, 1.54) is 0 Å². The van der Waals surface area contributed by atoms with Gasteiger partial charge in [0.15, 0.2) is 5.75 Å². The maximum Gasteiger partial charge on any atom is 0.219 e. The van der Waals surface area contributed by atoms with Gasteiger partial charge in [-0.3, -0.25) is 4.68 Å². The van der Waals surface area contributed by atoms with Gasteiger partial charge >= 0.3 is 0 Å². The Labute approximate surface area is 126 Å². The molecule has 0 aliphatic carbocycles. The smallest absolute Gasteiger partial charge is 0.219 e. The molecule has 1 N–H and O–H groups in total. The first-order valence-corrected chi connectivity index (χ1v) is 7.28. The Bertz CT molecular complexity index is 599. The molecule has 0 aromatic carbocycles. The number of pyridine rings is 1. The highest BCUT2D eigenvalue weighted by atomic mass is 16.5. The van der Waals surface area contributed by atoms with Gasteiger partial charge < -0.3 is 10.1 Å². The Morgan fingerprint density at radius 2 is 2.05 bits per heavy atom. The molecule has 2 aromatic rings. The third kappa shape index (κ3) is 4.04. The van der Waals surface area contributed by atoms with Gasteiger partial charge in [0, 0.05) is 24.6 Å². The Morgan fingerprint density at radius 1 is 1.29 bits per heavy atom. The summed E-state index contributed by atoms with van der Waals surface area (Å²) in [6.07, 6.45) is 3.59. The van der Waals surface area contributed by atoms with E-state index < -0.39 is 0 Å². The number of hydrogen-bond donors (Lipinski definition) is 1. The second-order valence-electron chi connectivity index (χ2n) is 6.11. The molecule has 2 rings (SSSR count). The molecule has 114 valence electrons. The van der Waals surface area contributed by atoms with Crippen molar-refractivity contribution >= 4 is 0 Å².